The van der Waals surface area contributed by atoms with Crippen LogP contribution in [0.4, 0.5) is 5.69 Å². The zero-order valence-corrected chi connectivity index (χ0v) is 10.1. The van der Waals surface area contributed by atoms with Gasteiger partial charge < -0.3 is 4.90 Å². The molecule has 89 valence electrons. The van der Waals surface area contributed by atoms with E-state index in [0.717, 1.165) is 18.7 Å². The summed E-state index contributed by atoms with van der Waals surface area (Å²) >= 11 is 0. The summed E-state index contributed by atoms with van der Waals surface area (Å²) in [6, 6.07) is 10.5. The first-order chi connectivity index (χ1) is 7.49. The van der Waals surface area contributed by atoms with Gasteiger partial charge in [0, 0.05) is 19.3 Å². The summed E-state index contributed by atoms with van der Waals surface area (Å²) in [4.78, 5) is 2.04. The van der Waals surface area contributed by atoms with E-state index in [1.165, 1.54) is 0 Å². The second kappa shape index (κ2) is 5.86. The van der Waals surface area contributed by atoms with E-state index in [1.807, 2.05) is 36.2 Å². The van der Waals surface area contributed by atoms with Crippen molar-refractivity contribution >= 4 is 15.8 Å². The molecule has 0 aliphatic carbocycles. The third-order valence-electron chi connectivity index (χ3n) is 2.29. The second-order valence-electron chi connectivity index (χ2n) is 3.67. The Morgan fingerprint density at radius 3 is 2.50 bits per heavy atom. The van der Waals surface area contributed by atoms with E-state index in [9.17, 15) is 8.42 Å². The van der Waals surface area contributed by atoms with Crippen LogP contribution in [0.25, 0.3) is 0 Å². The SMILES string of the molecule is CN(CCCCS(=O)(=O)O)c1cc[c]cc1. The second-order valence-corrected chi connectivity index (χ2v) is 5.24. The summed E-state index contributed by atoms with van der Waals surface area (Å²) in [7, 11) is -1.86. The largest absolute Gasteiger partial charge is 0.375 e. The van der Waals surface area contributed by atoms with Crippen LogP contribution in [-0.4, -0.2) is 32.3 Å². The third-order valence-corrected chi connectivity index (χ3v) is 3.09. The van der Waals surface area contributed by atoms with Crippen molar-refractivity contribution in [2.24, 2.45) is 0 Å². The van der Waals surface area contributed by atoms with Gasteiger partial charge in [0.1, 0.15) is 0 Å². The van der Waals surface area contributed by atoms with Gasteiger partial charge in [-0.1, -0.05) is 12.1 Å². The summed E-state index contributed by atoms with van der Waals surface area (Å²) in [5.74, 6) is -0.163. The van der Waals surface area contributed by atoms with Crippen LogP contribution in [0.5, 0.6) is 0 Å². The van der Waals surface area contributed by atoms with E-state index in [4.69, 9.17) is 4.55 Å². The van der Waals surface area contributed by atoms with Crippen molar-refractivity contribution in [2.45, 2.75) is 12.8 Å². The van der Waals surface area contributed by atoms with Crippen molar-refractivity contribution in [3.05, 3.63) is 30.3 Å². The summed E-state index contributed by atoms with van der Waals surface area (Å²) in [6.07, 6.45) is 1.21. The number of rotatable bonds is 6. The number of benzene rings is 1. The van der Waals surface area contributed by atoms with Crippen LogP contribution in [0, 0.1) is 6.07 Å². The van der Waals surface area contributed by atoms with Gasteiger partial charge in [-0.2, -0.15) is 8.42 Å². The average Bonchev–Trinajstić information content (AvgIpc) is 2.24. The highest BCUT2D eigenvalue weighted by Crippen LogP contribution is 2.11. The van der Waals surface area contributed by atoms with E-state index in [-0.39, 0.29) is 5.75 Å². The van der Waals surface area contributed by atoms with Crippen LogP contribution in [0.15, 0.2) is 24.3 Å². The van der Waals surface area contributed by atoms with Gasteiger partial charge in [0.2, 0.25) is 0 Å². The number of anilines is 1. The van der Waals surface area contributed by atoms with Gasteiger partial charge >= 0.3 is 0 Å². The van der Waals surface area contributed by atoms with Crippen LogP contribution in [0.2, 0.25) is 0 Å². The predicted molar refractivity (Wildman–Crippen MR) is 64.2 cm³/mol. The standard InChI is InChI=1S/C11H16NO3S/c1-12(11-7-3-2-4-8-11)9-5-6-10-16(13,14)15/h3-4,7-8H,5-6,9-10H2,1H3,(H,13,14,15). The van der Waals surface area contributed by atoms with Gasteiger partial charge in [-0.25, -0.2) is 0 Å². The van der Waals surface area contributed by atoms with Crippen molar-refractivity contribution in [1.29, 1.82) is 0 Å². The molecule has 0 saturated carbocycles. The Labute approximate surface area is 96.6 Å². The first-order valence-electron chi connectivity index (χ1n) is 5.11. The maximum atomic E-state index is 10.5. The number of hydrogen-bond donors (Lipinski definition) is 1. The first kappa shape index (κ1) is 13.0. The Morgan fingerprint density at radius 2 is 1.94 bits per heavy atom. The van der Waals surface area contributed by atoms with Gasteiger partial charge in [-0.05, 0) is 31.0 Å². The lowest BCUT2D eigenvalue weighted by molar-refractivity contribution is 0.480. The molecule has 1 N–H and O–H groups in total. The van der Waals surface area contributed by atoms with E-state index in [2.05, 4.69) is 6.07 Å². The fraction of sp³-hybridized carbons (Fsp3) is 0.455. The van der Waals surface area contributed by atoms with Crippen LogP contribution in [0.3, 0.4) is 0 Å². The Hall–Kier alpha value is -1.07. The third kappa shape index (κ3) is 5.14. The molecule has 0 aromatic heterocycles. The highest BCUT2D eigenvalue weighted by molar-refractivity contribution is 7.85. The number of hydrogen-bond acceptors (Lipinski definition) is 3. The van der Waals surface area contributed by atoms with Gasteiger partial charge in [0.05, 0.1) is 5.75 Å². The highest BCUT2D eigenvalue weighted by Gasteiger charge is 2.04. The molecular weight excluding hydrogens is 226 g/mol. The lowest BCUT2D eigenvalue weighted by Gasteiger charge is -2.18. The molecule has 0 aliphatic heterocycles. The maximum Gasteiger partial charge on any atom is 0.264 e. The molecular formula is C11H16NO3S. The highest BCUT2D eigenvalue weighted by atomic mass is 32.2. The number of unbranched alkanes of at least 4 members (excludes halogenated alkanes) is 1. The molecule has 0 bridgehead atoms. The van der Waals surface area contributed by atoms with Gasteiger partial charge in [-0.15, -0.1) is 0 Å². The molecule has 0 aliphatic rings. The van der Waals surface area contributed by atoms with Gasteiger partial charge in [0.15, 0.2) is 0 Å². The molecule has 1 aromatic rings. The molecule has 1 radical (unpaired) electrons. The molecule has 0 saturated heterocycles. The van der Waals surface area contributed by atoms with E-state index in [1.54, 1.807) is 0 Å². The lowest BCUT2D eigenvalue weighted by Crippen LogP contribution is -2.19. The molecule has 1 aromatic carbocycles. The normalized spacial score (nSPS) is 11.4. The Morgan fingerprint density at radius 1 is 1.31 bits per heavy atom. The van der Waals surface area contributed by atoms with Crippen LogP contribution in [0.1, 0.15) is 12.8 Å². The minimum atomic E-state index is -3.81. The first-order valence-corrected chi connectivity index (χ1v) is 6.72. The molecule has 0 spiro atoms. The Balaban J connectivity index is 2.29. The van der Waals surface area contributed by atoms with Gasteiger partial charge in [-0.3, -0.25) is 4.55 Å². The summed E-state index contributed by atoms with van der Waals surface area (Å²) in [5, 5.41) is 0. The van der Waals surface area contributed by atoms with E-state index >= 15 is 0 Å². The van der Waals surface area contributed by atoms with Crippen molar-refractivity contribution < 1.29 is 13.0 Å². The smallest absolute Gasteiger partial charge is 0.264 e. The summed E-state index contributed by atoms with van der Waals surface area (Å²) in [6.45, 7) is 0.763. The molecule has 4 nitrogen and oxygen atoms in total. The fourth-order valence-corrected chi connectivity index (χ4v) is 1.96. The van der Waals surface area contributed by atoms with Crippen LogP contribution < -0.4 is 4.90 Å². The maximum absolute atomic E-state index is 10.5. The summed E-state index contributed by atoms with van der Waals surface area (Å²) in [5.41, 5.74) is 1.07. The molecule has 5 heteroatoms. The Kier molecular flexibility index (Phi) is 4.76. The molecule has 16 heavy (non-hydrogen) atoms. The monoisotopic (exact) mass is 242 g/mol. The molecule has 1 rings (SSSR count). The fourth-order valence-electron chi connectivity index (χ4n) is 1.40. The summed E-state index contributed by atoms with van der Waals surface area (Å²) < 4.78 is 29.5. The zero-order valence-electron chi connectivity index (χ0n) is 9.26. The predicted octanol–water partition coefficient (Wildman–Crippen LogP) is 1.59. The quantitative estimate of drug-likeness (QED) is 0.608. The van der Waals surface area contributed by atoms with E-state index < -0.39 is 10.1 Å². The minimum Gasteiger partial charge on any atom is -0.375 e. The van der Waals surface area contributed by atoms with Crippen molar-refractivity contribution in [1.82, 2.24) is 0 Å². The molecule has 0 amide bonds. The topological polar surface area (TPSA) is 57.6 Å². The van der Waals surface area contributed by atoms with Crippen molar-refractivity contribution in [3.63, 3.8) is 0 Å². The molecule has 0 unspecified atom stereocenters. The van der Waals surface area contributed by atoms with Crippen molar-refractivity contribution in [3.8, 4) is 0 Å². The van der Waals surface area contributed by atoms with Gasteiger partial charge in [0.25, 0.3) is 10.1 Å². The number of nitrogens with zero attached hydrogens (tertiary/aromatic N) is 1. The minimum absolute atomic E-state index is 0.163. The Bertz CT molecular complexity index is 402. The van der Waals surface area contributed by atoms with E-state index in [0.29, 0.717) is 6.42 Å². The molecule has 0 heterocycles. The lowest BCUT2D eigenvalue weighted by atomic mass is 10.2. The van der Waals surface area contributed by atoms with Crippen molar-refractivity contribution in [2.75, 3.05) is 24.2 Å². The van der Waals surface area contributed by atoms with Crippen LogP contribution >= 0.6 is 0 Å². The molecule has 0 fully saturated rings. The zero-order chi connectivity index (χ0) is 12.0. The molecule has 0 atom stereocenters. The van der Waals surface area contributed by atoms with Crippen LogP contribution in [-0.2, 0) is 10.1 Å². The average molecular weight is 242 g/mol.